The lowest BCUT2D eigenvalue weighted by atomic mass is 10.2. The molecule has 1 aliphatic carbocycles. The first-order chi connectivity index (χ1) is 8.36. The molecule has 3 rings (SSSR count). The molecule has 0 bridgehead atoms. The van der Waals surface area contributed by atoms with E-state index in [9.17, 15) is 0 Å². The van der Waals surface area contributed by atoms with Gasteiger partial charge in [0.15, 0.2) is 0 Å². The summed E-state index contributed by atoms with van der Waals surface area (Å²) in [6, 6.07) is 6.34. The van der Waals surface area contributed by atoms with Crippen molar-refractivity contribution in [3.63, 3.8) is 0 Å². The van der Waals surface area contributed by atoms with Gasteiger partial charge in [-0.3, -0.25) is 4.68 Å². The number of aromatic nitrogens is 2. The third kappa shape index (κ3) is 2.25. The average molecular weight is 243 g/mol. The highest BCUT2D eigenvalue weighted by atomic mass is 32.1. The fraction of sp³-hybridized carbons (Fsp3) is 0.385. The topological polar surface area (TPSA) is 41.6 Å². The van der Waals surface area contributed by atoms with E-state index in [1.54, 1.807) is 11.3 Å². The minimum absolute atomic E-state index is 0.448. The van der Waals surface area contributed by atoms with Crippen molar-refractivity contribution in [1.29, 1.82) is 5.26 Å². The number of hydrogen-bond donors (Lipinski definition) is 0. The zero-order valence-corrected chi connectivity index (χ0v) is 10.3. The molecule has 1 fully saturated rings. The van der Waals surface area contributed by atoms with E-state index >= 15 is 0 Å². The average Bonchev–Trinajstić information content (AvgIpc) is 2.83. The first-order valence-electron chi connectivity index (χ1n) is 5.83. The zero-order valence-electron chi connectivity index (χ0n) is 9.47. The Labute approximate surface area is 104 Å². The second-order valence-corrected chi connectivity index (χ2v) is 5.27. The van der Waals surface area contributed by atoms with Gasteiger partial charge in [0, 0.05) is 17.5 Å². The standard InChI is InChI=1S/C13H13N3S/c14-5-3-12-7-13(11-4-6-17-9-11)15-16(12)8-10-1-2-10/h4,6-7,9-10H,1-3,8H2. The van der Waals surface area contributed by atoms with Crippen molar-refractivity contribution in [3.8, 4) is 17.3 Å². The molecule has 3 nitrogen and oxygen atoms in total. The molecule has 0 aliphatic heterocycles. The molecule has 0 spiro atoms. The largest absolute Gasteiger partial charge is 0.268 e. The summed E-state index contributed by atoms with van der Waals surface area (Å²) in [5.41, 5.74) is 3.20. The number of nitrogens with zero attached hydrogens (tertiary/aromatic N) is 3. The molecule has 2 heterocycles. The molecule has 0 amide bonds. The highest BCUT2D eigenvalue weighted by molar-refractivity contribution is 7.08. The molecule has 17 heavy (non-hydrogen) atoms. The van der Waals surface area contributed by atoms with Crippen molar-refractivity contribution >= 4 is 11.3 Å². The number of nitriles is 1. The molecule has 86 valence electrons. The van der Waals surface area contributed by atoms with E-state index in [1.165, 1.54) is 12.8 Å². The van der Waals surface area contributed by atoms with Gasteiger partial charge in [-0.2, -0.15) is 21.7 Å². The van der Waals surface area contributed by atoms with Gasteiger partial charge in [-0.15, -0.1) is 0 Å². The number of rotatable bonds is 4. The maximum atomic E-state index is 8.84. The van der Waals surface area contributed by atoms with Crippen LogP contribution in [-0.2, 0) is 13.0 Å². The fourth-order valence-corrected chi connectivity index (χ4v) is 2.58. The van der Waals surface area contributed by atoms with E-state index in [0.717, 1.165) is 29.4 Å². The number of thiophene rings is 1. The van der Waals surface area contributed by atoms with Crippen LogP contribution in [0.25, 0.3) is 11.3 Å². The molecule has 0 saturated heterocycles. The van der Waals surface area contributed by atoms with Gasteiger partial charge >= 0.3 is 0 Å². The Bertz CT molecular complexity index is 544. The van der Waals surface area contributed by atoms with Crippen molar-refractivity contribution in [2.75, 3.05) is 0 Å². The molecule has 1 saturated carbocycles. The monoisotopic (exact) mass is 243 g/mol. The van der Waals surface area contributed by atoms with Crippen molar-refractivity contribution in [2.24, 2.45) is 5.92 Å². The molecule has 0 N–H and O–H groups in total. The Morgan fingerprint density at radius 1 is 1.53 bits per heavy atom. The summed E-state index contributed by atoms with van der Waals surface area (Å²) in [7, 11) is 0. The van der Waals surface area contributed by atoms with E-state index in [4.69, 9.17) is 5.26 Å². The van der Waals surface area contributed by atoms with Crippen LogP contribution < -0.4 is 0 Å². The quantitative estimate of drug-likeness (QED) is 0.828. The van der Waals surface area contributed by atoms with Crippen LogP contribution >= 0.6 is 11.3 Å². The van der Waals surface area contributed by atoms with Crippen LogP contribution in [0.15, 0.2) is 22.9 Å². The summed E-state index contributed by atoms with van der Waals surface area (Å²) < 4.78 is 2.02. The molecule has 0 unspecified atom stereocenters. The summed E-state index contributed by atoms with van der Waals surface area (Å²) in [5, 5.41) is 17.6. The third-order valence-electron chi connectivity index (χ3n) is 3.07. The Morgan fingerprint density at radius 2 is 2.41 bits per heavy atom. The summed E-state index contributed by atoms with van der Waals surface area (Å²) in [5.74, 6) is 0.780. The summed E-state index contributed by atoms with van der Waals surface area (Å²) in [6.45, 7) is 0.973. The van der Waals surface area contributed by atoms with Gasteiger partial charge in [-0.1, -0.05) is 0 Å². The summed E-state index contributed by atoms with van der Waals surface area (Å²) in [4.78, 5) is 0. The van der Waals surface area contributed by atoms with Crippen LogP contribution in [0.1, 0.15) is 18.5 Å². The first kappa shape index (κ1) is 10.5. The van der Waals surface area contributed by atoms with Gasteiger partial charge < -0.3 is 0 Å². The van der Waals surface area contributed by atoms with Gasteiger partial charge in [0.25, 0.3) is 0 Å². The predicted molar refractivity (Wildman–Crippen MR) is 67.6 cm³/mol. The smallest absolute Gasteiger partial charge is 0.0934 e. The Morgan fingerprint density at radius 3 is 3.06 bits per heavy atom. The van der Waals surface area contributed by atoms with Crippen LogP contribution in [-0.4, -0.2) is 9.78 Å². The van der Waals surface area contributed by atoms with E-state index < -0.39 is 0 Å². The molecule has 0 atom stereocenters. The van der Waals surface area contributed by atoms with Crippen LogP contribution in [0.5, 0.6) is 0 Å². The minimum Gasteiger partial charge on any atom is -0.268 e. The molecule has 0 radical (unpaired) electrons. The fourth-order valence-electron chi connectivity index (χ4n) is 1.93. The minimum atomic E-state index is 0.448. The van der Waals surface area contributed by atoms with Crippen molar-refractivity contribution < 1.29 is 0 Å². The van der Waals surface area contributed by atoms with Crippen molar-refractivity contribution in [2.45, 2.75) is 25.8 Å². The zero-order chi connectivity index (χ0) is 11.7. The van der Waals surface area contributed by atoms with Crippen LogP contribution in [0.3, 0.4) is 0 Å². The predicted octanol–water partition coefficient (Wildman–Crippen LogP) is 3.09. The van der Waals surface area contributed by atoms with Crippen molar-refractivity contribution in [1.82, 2.24) is 9.78 Å². The Hall–Kier alpha value is -1.60. The van der Waals surface area contributed by atoms with Crippen LogP contribution in [0.4, 0.5) is 0 Å². The second-order valence-electron chi connectivity index (χ2n) is 4.49. The van der Waals surface area contributed by atoms with Gasteiger partial charge in [-0.05, 0) is 36.3 Å². The maximum absolute atomic E-state index is 8.84. The molecular weight excluding hydrogens is 230 g/mol. The first-order valence-corrected chi connectivity index (χ1v) is 6.77. The van der Waals surface area contributed by atoms with E-state index in [-0.39, 0.29) is 0 Å². The lowest BCUT2D eigenvalue weighted by Gasteiger charge is -2.02. The third-order valence-corrected chi connectivity index (χ3v) is 3.75. The highest BCUT2D eigenvalue weighted by Gasteiger charge is 2.23. The maximum Gasteiger partial charge on any atom is 0.0934 e. The van der Waals surface area contributed by atoms with E-state index in [1.807, 2.05) is 10.7 Å². The Kier molecular flexibility index (Phi) is 2.69. The summed E-state index contributed by atoms with van der Waals surface area (Å²) in [6.07, 6.45) is 3.06. The van der Waals surface area contributed by atoms with Crippen LogP contribution in [0, 0.1) is 17.2 Å². The van der Waals surface area contributed by atoms with Gasteiger partial charge in [-0.25, -0.2) is 0 Å². The molecule has 4 heteroatoms. The van der Waals surface area contributed by atoms with E-state index in [0.29, 0.717) is 6.42 Å². The van der Waals surface area contributed by atoms with Gasteiger partial charge in [0.1, 0.15) is 0 Å². The lowest BCUT2D eigenvalue weighted by Crippen LogP contribution is -2.06. The second kappa shape index (κ2) is 4.34. The van der Waals surface area contributed by atoms with E-state index in [2.05, 4.69) is 28.0 Å². The molecule has 2 aromatic rings. The SMILES string of the molecule is N#CCc1cc(-c2ccsc2)nn1CC1CC1. The molecule has 0 aromatic carbocycles. The Balaban J connectivity index is 1.92. The lowest BCUT2D eigenvalue weighted by molar-refractivity contribution is 0.547. The van der Waals surface area contributed by atoms with Crippen molar-refractivity contribution in [3.05, 3.63) is 28.6 Å². The molecular formula is C13H13N3S. The molecule has 1 aliphatic rings. The summed E-state index contributed by atoms with van der Waals surface area (Å²) >= 11 is 1.67. The molecule has 2 aromatic heterocycles. The normalized spacial score (nSPS) is 14.8. The van der Waals surface area contributed by atoms with Gasteiger partial charge in [0.05, 0.1) is 23.9 Å². The van der Waals surface area contributed by atoms with Crippen LogP contribution in [0.2, 0.25) is 0 Å². The van der Waals surface area contributed by atoms with Gasteiger partial charge in [0.2, 0.25) is 0 Å². The highest BCUT2D eigenvalue weighted by Crippen LogP contribution is 2.31. The number of hydrogen-bond acceptors (Lipinski definition) is 3.